The second-order valence-corrected chi connectivity index (χ2v) is 5.83. The topological polar surface area (TPSA) is 58.1 Å². The van der Waals surface area contributed by atoms with Crippen LogP contribution in [0.5, 0.6) is 0 Å². The van der Waals surface area contributed by atoms with Gasteiger partial charge in [0.2, 0.25) is 0 Å². The molecule has 0 aliphatic carbocycles. The maximum atomic E-state index is 12.2. The highest BCUT2D eigenvalue weighted by atomic mass is 16.1. The van der Waals surface area contributed by atoms with E-state index in [0.29, 0.717) is 12.2 Å². The van der Waals surface area contributed by atoms with Crippen LogP contribution >= 0.6 is 0 Å². The maximum Gasteiger partial charge on any atom is 0.271 e. The molecule has 0 saturated heterocycles. The van der Waals surface area contributed by atoms with E-state index < -0.39 is 0 Å². The van der Waals surface area contributed by atoms with Crippen molar-refractivity contribution < 1.29 is 4.79 Å². The SMILES string of the molecule is CCc1ccc([C@@H](CNC(=O)c2cnc(C)cn2)N(C)C)cc1. The van der Waals surface area contributed by atoms with Crippen molar-refractivity contribution in [3.8, 4) is 0 Å². The standard InChI is InChI=1S/C18H24N4O/c1-5-14-6-8-15(9-7-14)17(22(3)4)12-21-18(23)16-11-19-13(2)10-20-16/h6-11,17H,5,12H2,1-4H3,(H,21,23)/t17-/m1/s1. The Morgan fingerprint density at radius 3 is 2.39 bits per heavy atom. The molecule has 0 saturated carbocycles. The van der Waals surface area contributed by atoms with Crippen molar-refractivity contribution in [3.63, 3.8) is 0 Å². The van der Waals surface area contributed by atoms with Gasteiger partial charge < -0.3 is 10.2 Å². The van der Waals surface area contributed by atoms with Crippen LogP contribution in [0.1, 0.15) is 40.3 Å². The molecule has 0 unspecified atom stereocenters. The van der Waals surface area contributed by atoms with E-state index >= 15 is 0 Å². The van der Waals surface area contributed by atoms with Crippen LogP contribution in [0, 0.1) is 6.92 Å². The summed E-state index contributed by atoms with van der Waals surface area (Å²) in [5.74, 6) is -0.200. The Morgan fingerprint density at radius 2 is 1.87 bits per heavy atom. The molecule has 0 radical (unpaired) electrons. The molecule has 0 spiro atoms. The zero-order valence-corrected chi connectivity index (χ0v) is 14.2. The molecule has 1 aromatic carbocycles. The van der Waals surface area contributed by atoms with Crippen molar-refractivity contribution in [2.45, 2.75) is 26.3 Å². The van der Waals surface area contributed by atoms with Gasteiger partial charge in [0.15, 0.2) is 0 Å². The summed E-state index contributed by atoms with van der Waals surface area (Å²) in [6.45, 7) is 4.50. The van der Waals surface area contributed by atoms with E-state index in [-0.39, 0.29) is 11.9 Å². The van der Waals surface area contributed by atoms with Crippen molar-refractivity contribution in [2.24, 2.45) is 0 Å². The number of aryl methyl sites for hydroxylation is 2. The van der Waals surface area contributed by atoms with Crippen LogP contribution in [0.15, 0.2) is 36.7 Å². The van der Waals surface area contributed by atoms with Gasteiger partial charge >= 0.3 is 0 Å². The fraction of sp³-hybridized carbons (Fsp3) is 0.389. The van der Waals surface area contributed by atoms with E-state index in [4.69, 9.17) is 0 Å². The van der Waals surface area contributed by atoms with E-state index in [9.17, 15) is 4.79 Å². The number of carbonyl (C=O) groups is 1. The third kappa shape index (κ3) is 4.60. The summed E-state index contributed by atoms with van der Waals surface area (Å²) >= 11 is 0. The minimum absolute atomic E-state index is 0.114. The van der Waals surface area contributed by atoms with Gasteiger partial charge in [-0.15, -0.1) is 0 Å². The van der Waals surface area contributed by atoms with Gasteiger partial charge in [-0.25, -0.2) is 4.98 Å². The predicted octanol–water partition coefficient (Wildman–Crippen LogP) is 2.38. The minimum Gasteiger partial charge on any atom is -0.349 e. The Morgan fingerprint density at radius 1 is 1.17 bits per heavy atom. The van der Waals surface area contributed by atoms with Crippen LogP contribution in [0.2, 0.25) is 0 Å². The second-order valence-electron chi connectivity index (χ2n) is 5.83. The van der Waals surface area contributed by atoms with Crippen molar-refractivity contribution in [3.05, 3.63) is 59.2 Å². The number of hydrogen-bond acceptors (Lipinski definition) is 4. The predicted molar refractivity (Wildman–Crippen MR) is 91.4 cm³/mol. The van der Waals surface area contributed by atoms with Crippen LogP contribution in [0.25, 0.3) is 0 Å². The summed E-state index contributed by atoms with van der Waals surface area (Å²) < 4.78 is 0. The van der Waals surface area contributed by atoms with Crippen LogP contribution in [-0.2, 0) is 6.42 Å². The molecule has 1 amide bonds. The Hall–Kier alpha value is -2.27. The molecule has 122 valence electrons. The van der Waals surface area contributed by atoms with Gasteiger partial charge in [-0.2, -0.15) is 0 Å². The van der Waals surface area contributed by atoms with E-state index in [1.807, 2.05) is 21.0 Å². The van der Waals surface area contributed by atoms with E-state index in [1.165, 1.54) is 17.3 Å². The summed E-state index contributed by atoms with van der Waals surface area (Å²) in [4.78, 5) is 22.5. The third-order valence-corrected chi connectivity index (χ3v) is 3.87. The number of aromatic nitrogens is 2. The lowest BCUT2D eigenvalue weighted by atomic mass is 10.0. The zero-order chi connectivity index (χ0) is 16.8. The number of nitrogens with one attached hydrogen (secondary N) is 1. The van der Waals surface area contributed by atoms with Crippen molar-refractivity contribution in [1.29, 1.82) is 0 Å². The van der Waals surface area contributed by atoms with Crippen LogP contribution in [0.4, 0.5) is 0 Å². The third-order valence-electron chi connectivity index (χ3n) is 3.87. The van der Waals surface area contributed by atoms with Gasteiger partial charge in [0.25, 0.3) is 5.91 Å². The lowest BCUT2D eigenvalue weighted by molar-refractivity contribution is 0.0936. The molecule has 5 heteroatoms. The Labute approximate surface area is 137 Å². The molecule has 5 nitrogen and oxygen atoms in total. The number of likely N-dealkylation sites (N-methyl/N-ethyl adjacent to an activating group) is 1. The highest BCUT2D eigenvalue weighted by Crippen LogP contribution is 2.18. The molecular weight excluding hydrogens is 288 g/mol. The smallest absolute Gasteiger partial charge is 0.271 e. The first-order valence-corrected chi connectivity index (χ1v) is 7.83. The molecule has 0 bridgehead atoms. The molecule has 1 heterocycles. The Balaban J connectivity index is 2.04. The highest BCUT2D eigenvalue weighted by molar-refractivity contribution is 5.91. The molecule has 0 fully saturated rings. The number of rotatable bonds is 6. The molecule has 1 aromatic heterocycles. The van der Waals surface area contributed by atoms with Crippen LogP contribution in [0.3, 0.4) is 0 Å². The van der Waals surface area contributed by atoms with Gasteiger partial charge in [-0.05, 0) is 38.6 Å². The summed E-state index contributed by atoms with van der Waals surface area (Å²) in [5, 5.41) is 2.94. The number of nitrogens with zero attached hydrogens (tertiary/aromatic N) is 3. The lowest BCUT2D eigenvalue weighted by Crippen LogP contribution is -2.35. The number of benzene rings is 1. The monoisotopic (exact) mass is 312 g/mol. The van der Waals surface area contributed by atoms with Gasteiger partial charge in [0, 0.05) is 12.7 Å². The van der Waals surface area contributed by atoms with E-state index in [1.54, 1.807) is 6.20 Å². The second kappa shape index (κ2) is 7.83. The first-order chi connectivity index (χ1) is 11.0. The maximum absolute atomic E-state index is 12.2. The number of carbonyl (C=O) groups excluding carboxylic acids is 1. The first kappa shape index (κ1) is 17.1. The number of amides is 1. The fourth-order valence-electron chi connectivity index (χ4n) is 2.36. The average Bonchev–Trinajstić information content (AvgIpc) is 2.55. The molecule has 0 aliphatic heterocycles. The Bertz CT molecular complexity index is 635. The van der Waals surface area contributed by atoms with Gasteiger partial charge in [-0.3, -0.25) is 9.78 Å². The van der Waals surface area contributed by atoms with Crippen molar-refractivity contribution in [1.82, 2.24) is 20.2 Å². The van der Waals surface area contributed by atoms with Gasteiger partial charge in [0.05, 0.1) is 17.9 Å². The molecule has 1 N–H and O–H groups in total. The molecular formula is C18H24N4O. The van der Waals surface area contributed by atoms with Gasteiger partial charge in [0.1, 0.15) is 5.69 Å². The average molecular weight is 312 g/mol. The fourth-order valence-corrected chi connectivity index (χ4v) is 2.36. The van der Waals surface area contributed by atoms with Crippen molar-refractivity contribution >= 4 is 5.91 Å². The van der Waals surface area contributed by atoms with E-state index in [0.717, 1.165) is 12.1 Å². The normalized spacial score (nSPS) is 12.2. The molecule has 23 heavy (non-hydrogen) atoms. The summed E-state index contributed by atoms with van der Waals surface area (Å²) in [5.41, 5.74) is 3.63. The lowest BCUT2D eigenvalue weighted by Gasteiger charge is -2.25. The van der Waals surface area contributed by atoms with Crippen molar-refractivity contribution in [2.75, 3.05) is 20.6 Å². The Kier molecular flexibility index (Phi) is 5.82. The quantitative estimate of drug-likeness (QED) is 0.890. The summed E-state index contributed by atoms with van der Waals surface area (Å²) in [6.07, 6.45) is 4.13. The first-order valence-electron chi connectivity index (χ1n) is 7.83. The molecule has 1 atom stereocenters. The molecule has 0 aliphatic rings. The highest BCUT2D eigenvalue weighted by Gasteiger charge is 2.16. The summed E-state index contributed by atoms with van der Waals surface area (Å²) in [7, 11) is 4.02. The largest absolute Gasteiger partial charge is 0.349 e. The van der Waals surface area contributed by atoms with Crippen LogP contribution in [-0.4, -0.2) is 41.4 Å². The minimum atomic E-state index is -0.200. The van der Waals surface area contributed by atoms with Crippen LogP contribution < -0.4 is 5.32 Å². The summed E-state index contributed by atoms with van der Waals surface area (Å²) in [6, 6.07) is 8.64. The molecule has 2 aromatic rings. The molecule has 2 rings (SSSR count). The zero-order valence-electron chi connectivity index (χ0n) is 14.2. The number of hydrogen-bond donors (Lipinski definition) is 1. The van der Waals surface area contributed by atoms with E-state index in [2.05, 4.69) is 51.4 Å². The van der Waals surface area contributed by atoms with Gasteiger partial charge in [-0.1, -0.05) is 31.2 Å².